The summed E-state index contributed by atoms with van der Waals surface area (Å²) in [7, 11) is 3.30. The third kappa shape index (κ3) is 9.72. The minimum atomic E-state index is -0.537. The Balaban J connectivity index is 0.00000142. The van der Waals surface area contributed by atoms with Crippen molar-refractivity contribution < 1.29 is 24.2 Å². The van der Waals surface area contributed by atoms with Crippen LogP contribution < -0.4 is 0 Å². The second-order valence-corrected chi connectivity index (χ2v) is 9.80. The molecule has 1 aliphatic rings. The van der Waals surface area contributed by atoms with E-state index in [1.165, 1.54) is 5.56 Å². The van der Waals surface area contributed by atoms with Crippen molar-refractivity contribution in [1.82, 2.24) is 9.80 Å². The van der Waals surface area contributed by atoms with Crippen LogP contribution >= 0.6 is 0 Å². The van der Waals surface area contributed by atoms with Gasteiger partial charge in [0.05, 0.1) is 18.8 Å². The summed E-state index contributed by atoms with van der Waals surface area (Å²) < 4.78 is 11.0. The Kier molecular flexibility index (Phi) is 12.0. The van der Waals surface area contributed by atoms with Gasteiger partial charge in [-0.3, -0.25) is 4.79 Å². The van der Waals surface area contributed by atoms with Crippen LogP contribution in [0.2, 0.25) is 0 Å². The predicted octanol–water partition coefficient (Wildman–Crippen LogP) is 4.73. The number of hydrogen-bond donors (Lipinski definition) is 1. The first-order chi connectivity index (χ1) is 16.3. The van der Waals surface area contributed by atoms with Crippen LogP contribution in [0, 0.1) is 0 Å². The van der Waals surface area contributed by atoms with E-state index < -0.39 is 5.60 Å². The number of aryl methyl sites for hydroxylation is 1. The van der Waals surface area contributed by atoms with Gasteiger partial charge in [0.15, 0.2) is 0 Å². The highest BCUT2D eigenvalue weighted by molar-refractivity contribution is 5.85. The summed E-state index contributed by atoms with van der Waals surface area (Å²) in [5.41, 5.74) is 2.96. The molecule has 1 unspecified atom stereocenters. The van der Waals surface area contributed by atoms with E-state index >= 15 is 0 Å². The molecule has 8 nitrogen and oxygen atoms in total. The smallest absolute Gasteiger partial charge is 0.410 e. The Morgan fingerprint density at radius 1 is 1.31 bits per heavy atom. The van der Waals surface area contributed by atoms with Gasteiger partial charge in [0.25, 0.3) is 6.02 Å². The predicted molar refractivity (Wildman–Crippen MR) is 139 cm³/mol. The lowest BCUT2D eigenvalue weighted by molar-refractivity contribution is -0.105. The summed E-state index contributed by atoms with van der Waals surface area (Å²) in [5, 5.41) is 8.06. The lowest BCUT2D eigenvalue weighted by Gasteiger charge is -2.37. The molecule has 0 fully saturated rings. The molecular weight excluding hydrogens is 446 g/mol. The maximum Gasteiger partial charge on any atom is 0.410 e. The molecule has 1 aromatic rings. The van der Waals surface area contributed by atoms with Crippen molar-refractivity contribution in [2.75, 3.05) is 27.2 Å². The number of carbonyl (C=O) groups excluding carboxylic acids is 2. The monoisotopic (exact) mass is 489 g/mol. The molecule has 1 amide bonds. The topological polar surface area (TPSA) is 91.7 Å². The number of hydrogen-bond acceptors (Lipinski definition) is 7. The Morgan fingerprint density at radius 2 is 1.94 bits per heavy atom. The number of nitrogens with zero attached hydrogens (tertiary/aromatic N) is 3. The fourth-order valence-electron chi connectivity index (χ4n) is 3.54. The van der Waals surface area contributed by atoms with Gasteiger partial charge in [-0.1, -0.05) is 31.2 Å². The second kappa shape index (κ2) is 13.9. The average Bonchev–Trinajstić information content (AvgIpc) is 2.77. The van der Waals surface area contributed by atoms with Crippen molar-refractivity contribution in [2.24, 2.45) is 4.99 Å². The number of aliphatic hydroxyl groups is 1. The molecule has 8 heteroatoms. The number of ether oxygens (including phenoxy) is 2. The second-order valence-electron chi connectivity index (χ2n) is 9.80. The maximum atomic E-state index is 12.2. The first-order valence-electron chi connectivity index (χ1n) is 12.1. The van der Waals surface area contributed by atoms with Crippen molar-refractivity contribution in [3.63, 3.8) is 0 Å². The van der Waals surface area contributed by atoms with Crippen LogP contribution in [-0.4, -0.2) is 72.3 Å². The summed E-state index contributed by atoms with van der Waals surface area (Å²) in [5.74, 6) is 0. The standard InChI is InChI=1S/C24H35N3O4.C3H8O/c1-8-18-11-9-12-19(15-18)21-20(16-28)17(2)25-22(30-7)27(21)14-10-13-26(6)23(29)31-24(3,4)5;1-3(2)4/h9,11-12,15-16,21H,8,10,13-14H2,1-7H3;3-4H,1-2H3. The SMILES string of the molecule is CC(C)O.CCc1cccc(C2C(C=O)=C(C)N=C(OC)N2CCCN(C)C(=O)OC(C)(C)C)c1. The number of amidine groups is 1. The number of amides is 1. The highest BCUT2D eigenvalue weighted by atomic mass is 16.6. The molecule has 0 aromatic heterocycles. The quantitative estimate of drug-likeness (QED) is 0.557. The van der Waals surface area contributed by atoms with E-state index in [9.17, 15) is 9.59 Å². The van der Waals surface area contributed by atoms with E-state index in [1.807, 2.05) is 44.7 Å². The van der Waals surface area contributed by atoms with Gasteiger partial charge in [0.1, 0.15) is 11.9 Å². The van der Waals surface area contributed by atoms with E-state index in [4.69, 9.17) is 14.6 Å². The molecule has 0 radical (unpaired) electrons. The lowest BCUT2D eigenvalue weighted by atomic mass is 9.93. The van der Waals surface area contributed by atoms with E-state index in [1.54, 1.807) is 32.9 Å². The van der Waals surface area contributed by atoms with Crippen LogP contribution in [-0.2, 0) is 20.7 Å². The number of rotatable bonds is 7. The molecule has 1 aromatic carbocycles. The normalized spacial score (nSPS) is 15.8. The van der Waals surface area contributed by atoms with Gasteiger partial charge in [0, 0.05) is 31.8 Å². The molecule has 2 rings (SSSR count). The minimum Gasteiger partial charge on any atom is -0.468 e. The highest BCUT2D eigenvalue weighted by Crippen LogP contribution is 2.34. The van der Waals surface area contributed by atoms with Gasteiger partial charge in [0.2, 0.25) is 0 Å². The van der Waals surface area contributed by atoms with Crippen molar-refractivity contribution >= 4 is 18.4 Å². The van der Waals surface area contributed by atoms with Crippen LogP contribution in [0.1, 0.15) is 72.1 Å². The molecule has 35 heavy (non-hydrogen) atoms. The zero-order valence-corrected chi connectivity index (χ0v) is 22.8. The Labute approximate surface area is 210 Å². The Morgan fingerprint density at radius 3 is 2.46 bits per heavy atom. The minimum absolute atomic E-state index is 0.167. The van der Waals surface area contributed by atoms with Gasteiger partial charge < -0.3 is 24.4 Å². The fourth-order valence-corrected chi connectivity index (χ4v) is 3.54. The molecule has 1 heterocycles. The van der Waals surface area contributed by atoms with Crippen LogP contribution in [0.5, 0.6) is 0 Å². The Bertz CT molecular complexity index is 900. The van der Waals surface area contributed by atoms with Gasteiger partial charge in [-0.15, -0.1) is 0 Å². The summed E-state index contributed by atoms with van der Waals surface area (Å²) in [6, 6.07) is 8.42. The van der Waals surface area contributed by atoms with Crippen molar-refractivity contribution in [3.05, 3.63) is 46.7 Å². The molecule has 0 bridgehead atoms. The van der Waals surface area contributed by atoms with Gasteiger partial charge >= 0.3 is 6.09 Å². The number of benzene rings is 1. The summed E-state index contributed by atoms with van der Waals surface area (Å²) in [6.45, 7) is 14.0. The van der Waals surface area contributed by atoms with Crippen LogP contribution in [0.15, 0.2) is 40.5 Å². The van der Waals surface area contributed by atoms with E-state index in [2.05, 4.69) is 24.0 Å². The number of aliphatic hydroxyl groups excluding tert-OH is 1. The number of methoxy groups -OCH3 is 1. The molecule has 1 aliphatic heterocycles. The number of allylic oxidation sites excluding steroid dienone is 1. The number of aliphatic imine (C=N–C) groups is 1. The van der Waals surface area contributed by atoms with E-state index in [-0.39, 0.29) is 18.2 Å². The number of aldehydes is 1. The summed E-state index contributed by atoms with van der Waals surface area (Å²) in [6.07, 6.45) is 1.93. The first-order valence-corrected chi connectivity index (χ1v) is 12.1. The van der Waals surface area contributed by atoms with E-state index in [0.717, 1.165) is 18.3 Å². The molecule has 1 atom stereocenters. The van der Waals surface area contributed by atoms with Crippen LogP contribution in [0.3, 0.4) is 0 Å². The molecule has 0 saturated carbocycles. The first kappa shape index (κ1) is 30.2. The van der Waals surface area contributed by atoms with E-state index in [0.29, 0.717) is 36.8 Å². The summed E-state index contributed by atoms with van der Waals surface area (Å²) >= 11 is 0. The summed E-state index contributed by atoms with van der Waals surface area (Å²) in [4.78, 5) is 32.3. The molecule has 0 spiro atoms. The van der Waals surface area contributed by atoms with Crippen LogP contribution in [0.25, 0.3) is 0 Å². The third-order valence-corrected chi connectivity index (χ3v) is 5.12. The van der Waals surface area contributed by atoms with Crippen molar-refractivity contribution in [1.29, 1.82) is 0 Å². The average molecular weight is 490 g/mol. The zero-order chi connectivity index (χ0) is 26.8. The highest BCUT2D eigenvalue weighted by Gasteiger charge is 2.33. The molecular formula is C27H43N3O5. The molecule has 0 saturated heterocycles. The lowest BCUT2D eigenvalue weighted by Crippen LogP contribution is -2.42. The molecule has 1 N–H and O–H groups in total. The van der Waals surface area contributed by atoms with Gasteiger partial charge in [-0.25, -0.2) is 9.79 Å². The number of carbonyl (C=O) groups is 2. The largest absolute Gasteiger partial charge is 0.468 e. The molecule has 196 valence electrons. The van der Waals surface area contributed by atoms with Crippen molar-refractivity contribution in [2.45, 2.75) is 79.1 Å². The van der Waals surface area contributed by atoms with Crippen molar-refractivity contribution in [3.8, 4) is 0 Å². The van der Waals surface area contributed by atoms with Gasteiger partial charge in [-0.2, -0.15) is 0 Å². The molecule has 0 aliphatic carbocycles. The van der Waals surface area contributed by atoms with Crippen LogP contribution in [0.4, 0.5) is 4.79 Å². The maximum absolute atomic E-state index is 12.2. The zero-order valence-electron chi connectivity index (χ0n) is 22.8. The fraction of sp³-hybridized carbons (Fsp3) is 0.593. The third-order valence-electron chi connectivity index (χ3n) is 5.12. The Hall–Kier alpha value is -2.87. The van der Waals surface area contributed by atoms with Gasteiger partial charge in [-0.05, 0) is 65.5 Å².